The molecule has 2 N–H and O–H groups in total. The molecule has 6 heteroatoms. The number of primary amides is 1. The Balaban J connectivity index is 1.54. The van der Waals surface area contributed by atoms with Crippen molar-refractivity contribution in [3.05, 3.63) is 41.5 Å². The van der Waals surface area contributed by atoms with Crippen LogP contribution in [0.1, 0.15) is 36.8 Å². The number of nitrogens with two attached hydrogens (primary N) is 1. The Morgan fingerprint density at radius 3 is 2.65 bits per heavy atom. The highest BCUT2D eigenvalue weighted by atomic mass is 16.2. The lowest BCUT2D eigenvalue weighted by Gasteiger charge is -2.38. The van der Waals surface area contributed by atoms with Crippen molar-refractivity contribution in [2.24, 2.45) is 5.73 Å². The van der Waals surface area contributed by atoms with Gasteiger partial charge in [-0.05, 0) is 56.0 Å². The molecule has 1 unspecified atom stereocenters. The summed E-state index contributed by atoms with van der Waals surface area (Å²) >= 11 is 0. The van der Waals surface area contributed by atoms with E-state index in [-0.39, 0.29) is 17.9 Å². The van der Waals surface area contributed by atoms with Gasteiger partial charge >= 0.3 is 0 Å². The van der Waals surface area contributed by atoms with Gasteiger partial charge in [0.05, 0.1) is 17.7 Å². The molecule has 1 atom stereocenters. The minimum absolute atomic E-state index is 0.0151. The number of likely N-dealkylation sites (tertiary alicyclic amines) is 2. The second kappa shape index (κ2) is 8.15. The van der Waals surface area contributed by atoms with Crippen LogP contribution in [0.3, 0.4) is 0 Å². The summed E-state index contributed by atoms with van der Waals surface area (Å²) in [6.45, 7) is 2.30. The van der Waals surface area contributed by atoms with Gasteiger partial charge in [0.25, 0.3) is 0 Å². The average Bonchev–Trinajstić information content (AvgIpc) is 3.16. The van der Waals surface area contributed by atoms with E-state index in [1.165, 1.54) is 0 Å². The molecule has 2 heterocycles. The zero-order chi connectivity index (χ0) is 18.5. The molecule has 0 aromatic heterocycles. The molecule has 136 valence electrons. The maximum atomic E-state index is 12.4. The summed E-state index contributed by atoms with van der Waals surface area (Å²) in [5, 5.41) is 8.93. The van der Waals surface area contributed by atoms with Crippen LogP contribution in [-0.4, -0.2) is 53.3 Å². The van der Waals surface area contributed by atoms with Gasteiger partial charge < -0.3 is 10.6 Å². The standard InChI is InChI=1S/C20H24N4O2/c21-14-16-4-1-3-15(13-16)6-7-19(25)23-11-8-17(9-12-23)24-10-2-5-18(24)20(22)26/h1,3-4,6-7,13,17-18H,2,5,8-12H2,(H2,22,26)/b7-6+. The van der Waals surface area contributed by atoms with E-state index >= 15 is 0 Å². The van der Waals surface area contributed by atoms with E-state index in [1.54, 1.807) is 30.4 Å². The SMILES string of the molecule is N#Cc1cccc(/C=C/C(=O)N2CCC(N3CCCC3C(N)=O)CC2)c1. The minimum Gasteiger partial charge on any atom is -0.368 e. The first-order valence-corrected chi connectivity index (χ1v) is 9.10. The molecule has 1 aromatic carbocycles. The smallest absolute Gasteiger partial charge is 0.246 e. The summed E-state index contributed by atoms with van der Waals surface area (Å²) in [5.41, 5.74) is 6.93. The second-order valence-corrected chi connectivity index (χ2v) is 6.93. The molecule has 0 spiro atoms. The lowest BCUT2D eigenvalue weighted by atomic mass is 10.0. The molecule has 26 heavy (non-hydrogen) atoms. The summed E-state index contributed by atoms with van der Waals surface area (Å²) in [6.07, 6.45) is 6.91. The van der Waals surface area contributed by atoms with Crippen LogP contribution in [0.25, 0.3) is 6.08 Å². The molecule has 2 aliphatic rings. The Labute approximate surface area is 153 Å². The van der Waals surface area contributed by atoms with Crippen molar-refractivity contribution in [1.82, 2.24) is 9.80 Å². The van der Waals surface area contributed by atoms with E-state index in [9.17, 15) is 9.59 Å². The molecule has 0 saturated carbocycles. The fraction of sp³-hybridized carbons (Fsp3) is 0.450. The van der Waals surface area contributed by atoms with Gasteiger partial charge in [0, 0.05) is 25.2 Å². The monoisotopic (exact) mass is 352 g/mol. The van der Waals surface area contributed by atoms with Crippen LogP contribution in [0.4, 0.5) is 0 Å². The van der Waals surface area contributed by atoms with Gasteiger partial charge in [-0.2, -0.15) is 5.26 Å². The normalized spacial score (nSPS) is 21.8. The number of carbonyl (C=O) groups is 2. The van der Waals surface area contributed by atoms with E-state index < -0.39 is 0 Å². The number of nitrogens with zero attached hydrogens (tertiary/aromatic N) is 3. The first-order chi connectivity index (χ1) is 12.6. The quantitative estimate of drug-likeness (QED) is 0.832. The fourth-order valence-corrected chi connectivity index (χ4v) is 3.93. The zero-order valence-electron chi connectivity index (χ0n) is 14.8. The number of rotatable bonds is 4. The van der Waals surface area contributed by atoms with Crippen LogP contribution in [0.2, 0.25) is 0 Å². The van der Waals surface area contributed by atoms with Gasteiger partial charge in [0.2, 0.25) is 11.8 Å². The minimum atomic E-state index is -0.233. The third-order valence-corrected chi connectivity index (χ3v) is 5.30. The molecule has 2 saturated heterocycles. The van der Waals surface area contributed by atoms with E-state index in [0.29, 0.717) is 24.7 Å². The first kappa shape index (κ1) is 18.2. The molecule has 6 nitrogen and oxygen atoms in total. The molecule has 2 amide bonds. The third-order valence-electron chi connectivity index (χ3n) is 5.30. The van der Waals surface area contributed by atoms with Gasteiger partial charge in [0.15, 0.2) is 0 Å². The highest BCUT2D eigenvalue weighted by molar-refractivity contribution is 5.91. The molecule has 0 aliphatic carbocycles. The van der Waals surface area contributed by atoms with E-state index in [1.807, 2.05) is 11.0 Å². The van der Waals surface area contributed by atoms with Crippen molar-refractivity contribution >= 4 is 17.9 Å². The number of nitriles is 1. The van der Waals surface area contributed by atoms with E-state index in [4.69, 9.17) is 11.0 Å². The Kier molecular flexibility index (Phi) is 5.69. The number of hydrogen-bond donors (Lipinski definition) is 1. The lowest BCUT2D eigenvalue weighted by molar-refractivity contribution is -0.129. The molecule has 0 bridgehead atoms. The van der Waals surface area contributed by atoms with Crippen LogP contribution in [0.5, 0.6) is 0 Å². The Morgan fingerprint density at radius 2 is 1.96 bits per heavy atom. The summed E-state index contributed by atoms with van der Waals surface area (Å²) in [6, 6.07) is 9.45. The summed E-state index contributed by atoms with van der Waals surface area (Å²) in [7, 11) is 0. The number of carbonyl (C=O) groups excluding carboxylic acids is 2. The van der Waals surface area contributed by atoms with Crippen LogP contribution < -0.4 is 5.73 Å². The van der Waals surface area contributed by atoms with Crippen molar-refractivity contribution in [2.45, 2.75) is 37.8 Å². The van der Waals surface area contributed by atoms with E-state index in [0.717, 1.165) is 37.8 Å². The highest BCUT2D eigenvalue weighted by Crippen LogP contribution is 2.26. The van der Waals surface area contributed by atoms with Gasteiger partial charge in [-0.1, -0.05) is 12.1 Å². The van der Waals surface area contributed by atoms with Crippen molar-refractivity contribution in [3.63, 3.8) is 0 Å². The Morgan fingerprint density at radius 1 is 1.19 bits per heavy atom. The maximum absolute atomic E-state index is 12.4. The average molecular weight is 352 g/mol. The second-order valence-electron chi connectivity index (χ2n) is 6.93. The zero-order valence-corrected chi connectivity index (χ0v) is 14.8. The number of piperidine rings is 1. The molecule has 1 aromatic rings. The molecule has 0 radical (unpaired) electrons. The first-order valence-electron chi connectivity index (χ1n) is 9.10. The summed E-state index contributed by atoms with van der Waals surface area (Å²) in [5.74, 6) is -0.248. The molecule has 3 rings (SSSR count). The number of amides is 2. The summed E-state index contributed by atoms with van der Waals surface area (Å²) in [4.78, 5) is 28.1. The van der Waals surface area contributed by atoms with Crippen molar-refractivity contribution in [2.75, 3.05) is 19.6 Å². The Bertz CT molecular complexity index is 744. The molecular formula is C20H24N4O2. The van der Waals surface area contributed by atoms with Crippen LogP contribution in [0.15, 0.2) is 30.3 Å². The predicted octanol–water partition coefficient (Wildman–Crippen LogP) is 1.51. The molecule has 2 fully saturated rings. The van der Waals surface area contributed by atoms with Crippen LogP contribution in [0, 0.1) is 11.3 Å². The number of benzene rings is 1. The van der Waals surface area contributed by atoms with E-state index in [2.05, 4.69) is 11.0 Å². The van der Waals surface area contributed by atoms with Crippen LogP contribution >= 0.6 is 0 Å². The maximum Gasteiger partial charge on any atom is 0.246 e. The van der Waals surface area contributed by atoms with Gasteiger partial charge in [-0.3, -0.25) is 14.5 Å². The largest absolute Gasteiger partial charge is 0.368 e. The highest BCUT2D eigenvalue weighted by Gasteiger charge is 2.35. The number of hydrogen-bond acceptors (Lipinski definition) is 4. The topological polar surface area (TPSA) is 90.4 Å². The Hall–Kier alpha value is -2.65. The van der Waals surface area contributed by atoms with Crippen molar-refractivity contribution in [1.29, 1.82) is 5.26 Å². The van der Waals surface area contributed by atoms with Gasteiger partial charge in [-0.15, -0.1) is 0 Å². The predicted molar refractivity (Wildman–Crippen MR) is 98.7 cm³/mol. The molecule has 2 aliphatic heterocycles. The van der Waals surface area contributed by atoms with Crippen LogP contribution in [-0.2, 0) is 9.59 Å². The summed E-state index contributed by atoms with van der Waals surface area (Å²) < 4.78 is 0. The lowest BCUT2D eigenvalue weighted by Crippen LogP contribution is -2.51. The third kappa shape index (κ3) is 4.12. The van der Waals surface area contributed by atoms with Crippen molar-refractivity contribution < 1.29 is 9.59 Å². The fourth-order valence-electron chi connectivity index (χ4n) is 3.93. The van der Waals surface area contributed by atoms with Crippen molar-refractivity contribution in [3.8, 4) is 6.07 Å². The van der Waals surface area contributed by atoms with Gasteiger partial charge in [0.1, 0.15) is 0 Å². The molecular weight excluding hydrogens is 328 g/mol. The van der Waals surface area contributed by atoms with Gasteiger partial charge in [-0.25, -0.2) is 0 Å².